The number of carbonyl (C=O) groups excluding carboxylic acids is 1. The van der Waals surface area contributed by atoms with E-state index in [9.17, 15) is 9.90 Å². The third-order valence-electron chi connectivity index (χ3n) is 6.33. The van der Waals surface area contributed by atoms with Crippen molar-refractivity contribution < 1.29 is 9.90 Å². The maximum absolute atomic E-state index is 12.6. The lowest BCUT2D eigenvalue weighted by Crippen LogP contribution is -2.31. The average Bonchev–Trinajstić information content (AvgIpc) is 3.50. The van der Waals surface area contributed by atoms with Gasteiger partial charge in [-0.1, -0.05) is 36.9 Å². The Morgan fingerprint density at radius 2 is 1.94 bits per heavy atom. The van der Waals surface area contributed by atoms with Crippen molar-refractivity contribution in [3.8, 4) is 11.3 Å². The lowest BCUT2D eigenvalue weighted by molar-refractivity contribution is 0.0605. The molecule has 3 heterocycles. The highest BCUT2D eigenvalue weighted by Gasteiger charge is 2.29. The molecule has 6 nitrogen and oxygen atoms in total. The molecule has 166 valence electrons. The summed E-state index contributed by atoms with van der Waals surface area (Å²) in [5.74, 6) is 0.184. The second-order valence-corrected chi connectivity index (χ2v) is 8.35. The Bertz CT molecular complexity index is 1280. The molecule has 1 aliphatic heterocycles. The van der Waals surface area contributed by atoms with E-state index in [1.54, 1.807) is 6.08 Å². The van der Waals surface area contributed by atoms with E-state index in [1.807, 2.05) is 78.1 Å². The third kappa shape index (κ3) is 4.18. The monoisotopic (exact) mass is 438 g/mol. The van der Waals surface area contributed by atoms with Gasteiger partial charge in [0, 0.05) is 36.5 Å². The van der Waals surface area contributed by atoms with E-state index in [2.05, 4.69) is 27.3 Å². The fourth-order valence-corrected chi connectivity index (χ4v) is 4.58. The lowest BCUT2D eigenvalue weighted by Gasteiger charge is -2.19. The fraction of sp³-hybridized carbons (Fsp3) is 0.185. The average molecular weight is 439 g/mol. The van der Waals surface area contributed by atoms with Crippen molar-refractivity contribution in [1.29, 1.82) is 0 Å². The van der Waals surface area contributed by atoms with Crippen LogP contribution in [0.4, 0.5) is 5.69 Å². The molecule has 6 heteroatoms. The van der Waals surface area contributed by atoms with Crippen LogP contribution in [0.25, 0.3) is 16.8 Å². The highest BCUT2D eigenvalue weighted by atomic mass is 16.3. The zero-order valence-corrected chi connectivity index (χ0v) is 18.3. The number of anilines is 1. The molecule has 1 saturated heterocycles. The molecule has 0 bridgehead atoms. The minimum Gasteiger partial charge on any atom is -0.375 e. The second-order valence-electron chi connectivity index (χ2n) is 8.35. The molecule has 0 radical (unpaired) electrons. The van der Waals surface area contributed by atoms with Crippen LogP contribution in [0.5, 0.6) is 0 Å². The molecule has 1 aliphatic rings. The normalized spacial score (nSPS) is 17.2. The summed E-state index contributed by atoms with van der Waals surface area (Å²) in [6.07, 6.45) is 5.58. The molecule has 2 aromatic carbocycles. The Balaban J connectivity index is 1.42. The molecule has 5 rings (SSSR count). The van der Waals surface area contributed by atoms with Crippen LogP contribution in [-0.2, 0) is 0 Å². The van der Waals surface area contributed by atoms with Gasteiger partial charge in [0.15, 0.2) is 0 Å². The van der Waals surface area contributed by atoms with Crippen LogP contribution in [0.15, 0.2) is 91.9 Å². The zero-order chi connectivity index (χ0) is 22.8. The first-order chi connectivity index (χ1) is 16.1. The molecule has 2 aromatic heterocycles. The zero-order valence-electron chi connectivity index (χ0n) is 18.3. The van der Waals surface area contributed by atoms with Crippen molar-refractivity contribution in [2.75, 3.05) is 18.4 Å². The molecule has 0 saturated carbocycles. The summed E-state index contributed by atoms with van der Waals surface area (Å²) in [5.41, 5.74) is 5.79. The topological polar surface area (TPSA) is 69.9 Å². The number of benzene rings is 2. The van der Waals surface area contributed by atoms with Gasteiger partial charge < -0.3 is 14.8 Å². The fourth-order valence-electron chi connectivity index (χ4n) is 4.58. The number of nitrogens with zero attached hydrogens (tertiary/aromatic N) is 3. The number of aliphatic hydroxyl groups is 1. The molecule has 2 unspecified atom stereocenters. The van der Waals surface area contributed by atoms with Crippen LogP contribution in [-0.4, -0.2) is 44.6 Å². The Kier molecular flexibility index (Phi) is 5.77. The van der Waals surface area contributed by atoms with Gasteiger partial charge >= 0.3 is 0 Å². The molecular weight excluding hydrogens is 412 g/mol. The van der Waals surface area contributed by atoms with Crippen molar-refractivity contribution in [2.45, 2.75) is 18.6 Å². The van der Waals surface area contributed by atoms with Crippen molar-refractivity contribution in [3.05, 3.63) is 103 Å². The summed E-state index contributed by atoms with van der Waals surface area (Å²) in [6, 6.07) is 21.3. The molecular formula is C27H26N4O2. The van der Waals surface area contributed by atoms with Crippen LogP contribution >= 0.6 is 0 Å². The smallest absolute Gasteiger partial charge is 0.255 e. The first-order valence-electron chi connectivity index (χ1n) is 11.1. The number of aliphatic hydroxyl groups excluding tert-OH is 1. The maximum Gasteiger partial charge on any atom is 0.255 e. The molecule has 1 fully saturated rings. The number of rotatable bonds is 6. The van der Waals surface area contributed by atoms with Gasteiger partial charge in [-0.15, -0.1) is 0 Å². The van der Waals surface area contributed by atoms with E-state index in [-0.39, 0.29) is 5.91 Å². The van der Waals surface area contributed by atoms with Gasteiger partial charge in [-0.3, -0.25) is 9.69 Å². The first-order valence-corrected chi connectivity index (χ1v) is 11.1. The number of carbonyl (C=O) groups is 1. The summed E-state index contributed by atoms with van der Waals surface area (Å²) >= 11 is 0. The lowest BCUT2D eigenvalue weighted by atomic mass is 9.98. The van der Waals surface area contributed by atoms with Crippen LogP contribution in [0.3, 0.4) is 0 Å². The van der Waals surface area contributed by atoms with Gasteiger partial charge in [0.2, 0.25) is 0 Å². The summed E-state index contributed by atoms with van der Waals surface area (Å²) in [6.45, 7) is 5.33. The third-order valence-corrected chi connectivity index (χ3v) is 6.33. The summed E-state index contributed by atoms with van der Waals surface area (Å²) in [7, 11) is 0. The highest BCUT2D eigenvalue weighted by molar-refractivity contribution is 6.04. The van der Waals surface area contributed by atoms with E-state index in [1.165, 1.54) is 5.56 Å². The molecule has 2 atom stereocenters. The number of likely N-dealkylation sites (tertiary alicyclic amines) is 1. The molecule has 0 spiro atoms. The van der Waals surface area contributed by atoms with E-state index in [0.717, 1.165) is 42.0 Å². The minimum atomic E-state index is -0.611. The number of fused-ring (bicyclic) bond motifs is 1. The number of amides is 1. The molecule has 4 aromatic rings. The summed E-state index contributed by atoms with van der Waals surface area (Å²) < 4.78 is 2.10. The van der Waals surface area contributed by atoms with Crippen molar-refractivity contribution in [1.82, 2.24) is 14.3 Å². The Morgan fingerprint density at radius 3 is 2.70 bits per heavy atom. The van der Waals surface area contributed by atoms with Gasteiger partial charge in [0.1, 0.15) is 6.23 Å². The SMILES string of the molecule is C=CC(O)N1CCC(c2cc(-c3ccc(C(=O)Nc4ccccc4)cc3)n3cnccc23)C1. The second kappa shape index (κ2) is 9.02. The van der Waals surface area contributed by atoms with Gasteiger partial charge in [-0.05, 0) is 60.0 Å². The standard InChI is InChI=1S/C27H26N4O2/c1-2-26(32)30-15-13-21(17-30)23-16-25(31-18-28-14-12-24(23)31)19-8-10-20(11-9-19)27(33)29-22-6-4-3-5-7-22/h2-12,14,16,18,21,26,32H,1,13,15,17H2,(H,29,33). The number of hydrogen-bond donors (Lipinski definition) is 2. The molecule has 1 amide bonds. The van der Waals surface area contributed by atoms with Crippen LogP contribution in [0.1, 0.15) is 28.3 Å². The first kappa shape index (κ1) is 21.1. The quantitative estimate of drug-likeness (QED) is 0.434. The maximum atomic E-state index is 12.6. The van der Waals surface area contributed by atoms with Crippen LogP contribution < -0.4 is 5.32 Å². The van der Waals surface area contributed by atoms with Crippen molar-refractivity contribution >= 4 is 17.1 Å². The van der Waals surface area contributed by atoms with Gasteiger partial charge in [-0.25, -0.2) is 4.98 Å². The molecule has 0 aliphatic carbocycles. The number of aromatic nitrogens is 2. The predicted molar refractivity (Wildman–Crippen MR) is 130 cm³/mol. The Labute approximate surface area is 192 Å². The van der Waals surface area contributed by atoms with Gasteiger partial charge in [0.25, 0.3) is 5.91 Å². The largest absolute Gasteiger partial charge is 0.375 e. The van der Waals surface area contributed by atoms with Crippen molar-refractivity contribution in [3.63, 3.8) is 0 Å². The Hall–Kier alpha value is -3.74. The minimum absolute atomic E-state index is 0.137. The highest BCUT2D eigenvalue weighted by Crippen LogP contribution is 2.35. The summed E-state index contributed by atoms with van der Waals surface area (Å²) in [5, 5.41) is 13.1. The van der Waals surface area contributed by atoms with Crippen LogP contribution in [0.2, 0.25) is 0 Å². The summed E-state index contributed by atoms with van der Waals surface area (Å²) in [4.78, 5) is 19.0. The van der Waals surface area contributed by atoms with Gasteiger partial charge in [-0.2, -0.15) is 0 Å². The Morgan fingerprint density at radius 1 is 1.15 bits per heavy atom. The molecule has 2 N–H and O–H groups in total. The van der Waals surface area contributed by atoms with E-state index in [0.29, 0.717) is 11.5 Å². The predicted octanol–water partition coefficient (Wildman–Crippen LogP) is 4.55. The van der Waals surface area contributed by atoms with E-state index >= 15 is 0 Å². The number of hydrogen-bond acceptors (Lipinski definition) is 4. The van der Waals surface area contributed by atoms with Crippen molar-refractivity contribution in [2.24, 2.45) is 0 Å². The van der Waals surface area contributed by atoms with E-state index < -0.39 is 6.23 Å². The number of para-hydroxylation sites is 1. The van der Waals surface area contributed by atoms with Gasteiger partial charge in [0.05, 0.1) is 17.5 Å². The van der Waals surface area contributed by atoms with Crippen LogP contribution in [0, 0.1) is 0 Å². The number of nitrogens with one attached hydrogen (secondary N) is 1. The molecule has 33 heavy (non-hydrogen) atoms. The van der Waals surface area contributed by atoms with E-state index in [4.69, 9.17) is 0 Å².